The maximum Gasteiger partial charge on any atom is 0.321 e. The summed E-state index contributed by atoms with van der Waals surface area (Å²) >= 11 is 6.07. The zero-order valence-corrected chi connectivity index (χ0v) is 17.6. The van der Waals surface area contributed by atoms with Crippen LogP contribution < -0.4 is 5.32 Å². The first kappa shape index (κ1) is 20.9. The van der Waals surface area contributed by atoms with E-state index >= 15 is 0 Å². The number of aromatic nitrogens is 2. The van der Waals surface area contributed by atoms with Crippen molar-refractivity contribution in [3.05, 3.63) is 76.8 Å². The molecule has 1 fully saturated rings. The van der Waals surface area contributed by atoms with Gasteiger partial charge in [-0.15, -0.1) is 0 Å². The maximum absolute atomic E-state index is 13.0. The molecular weight excluding hydrogens is 421 g/mol. The van der Waals surface area contributed by atoms with Crippen molar-refractivity contribution in [1.82, 2.24) is 19.6 Å². The highest BCUT2D eigenvalue weighted by Gasteiger charge is 2.27. The fourth-order valence-electron chi connectivity index (χ4n) is 3.51. The van der Waals surface area contributed by atoms with Crippen molar-refractivity contribution >= 4 is 29.2 Å². The van der Waals surface area contributed by atoms with Gasteiger partial charge in [-0.3, -0.25) is 4.79 Å². The number of benzene rings is 2. The van der Waals surface area contributed by atoms with Crippen LogP contribution in [0.5, 0.6) is 0 Å². The number of anilines is 1. The summed E-state index contributed by atoms with van der Waals surface area (Å²) in [4.78, 5) is 28.8. The summed E-state index contributed by atoms with van der Waals surface area (Å²) in [5.74, 6) is -0.483. The van der Waals surface area contributed by atoms with Crippen LogP contribution in [0.1, 0.15) is 16.1 Å². The molecule has 2 heterocycles. The molecule has 1 N–H and O–H groups in total. The van der Waals surface area contributed by atoms with Crippen molar-refractivity contribution < 1.29 is 14.0 Å². The third-order valence-electron chi connectivity index (χ3n) is 5.24. The van der Waals surface area contributed by atoms with Gasteiger partial charge in [0.15, 0.2) is 0 Å². The third kappa shape index (κ3) is 4.54. The number of carbonyl (C=O) groups excluding carboxylic acids is 2. The summed E-state index contributed by atoms with van der Waals surface area (Å²) < 4.78 is 14.7. The van der Waals surface area contributed by atoms with E-state index in [9.17, 15) is 14.0 Å². The first-order valence-electron chi connectivity index (χ1n) is 9.84. The summed E-state index contributed by atoms with van der Waals surface area (Å²) in [6.45, 7) is 3.48. The monoisotopic (exact) mass is 441 g/mol. The fourth-order valence-corrected chi connectivity index (χ4v) is 3.69. The van der Waals surface area contributed by atoms with E-state index < -0.39 is 0 Å². The van der Waals surface area contributed by atoms with Gasteiger partial charge in [-0.25, -0.2) is 13.9 Å². The van der Waals surface area contributed by atoms with Gasteiger partial charge in [0.2, 0.25) is 0 Å². The number of urea groups is 1. The molecule has 7 nitrogen and oxygen atoms in total. The van der Waals surface area contributed by atoms with Crippen LogP contribution in [0.15, 0.2) is 54.7 Å². The molecule has 0 spiro atoms. The van der Waals surface area contributed by atoms with Crippen molar-refractivity contribution in [3.63, 3.8) is 0 Å². The molecule has 9 heteroatoms. The van der Waals surface area contributed by atoms with Crippen LogP contribution in [0.3, 0.4) is 0 Å². The van der Waals surface area contributed by atoms with E-state index in [1.54, 1.807) is 32.8 Å². The van der Waals surface area contributed by atoms with Gasteiger partial charge in [-0.05, 0) is 49.4 Å². The molecule has 3 amide bonds. The molecule has 1 aromatic heterocycles. The number of nitrogens with one attached hydrogen (secondary N) is 1. The van der Waals surface area contributed by atoms with Crippen molar-refractivity contribution in [1.29, 1.82) is 0 Å². The predicted octanol–water partition coefficient (Wildman–Crippen LogP) is 3.96. The number of halogens is 2. The Balaban J connectivity index is 1.38. The lowest BCUT2D eigenvalue weighted by atomic mass is 10.2. The lowest BCUT2D eigenvalue weighted by molar-refractivity contribution is 0.0671. The lowest BCUT2D eigenvalue weighted by Gasteiger charge is -2.34. The molecule has 0 atom stereocenters. The first-order chi connectivity index (χ1) is 14.9. The molecule has 1 saturated heterocycles. The normalized spacial score (nSPS) is 13.9. The van der Waals surface area contributed by atoms with Gasteiger partial charge in [0.05, 0.1) is 23.1 Å². The van der Waals surface area contributed by atoms with Crippen molar-refractivity contribution in [2.45, 2.75) is 6.92 Å². The van der Waals surface area contributed by atoms with Gasteiger partial charge < -0.3 is 15.1 Å². The van der Waals surface area contributed by atoms with Gasteiger partial charge in [0.25, 0.3) is 5.91 Å². The van der Waals surface area contributed by atoms with Gasteiger partial charge in [-0.1, -0.05) is 17.7 Å². The van der Waals surface area contributed by atoms with Crippen molar-refractivity contribution in [2.24, 2.45) is 0 Å². The van der Waals surface area contributed by atoms with E-state index in [0.717, 1.165) is 11.4 Å². The molecule has 4 rings (SSSR count). The summed E-state index contributed by atoms with van der Waals surface area (Å²) in [5, 5.41) is 7.68. The fraction of sp³-hybridized carbons (Fsp3) is 0.227. The topological polar surface area (TPSA) is 70.5 Å². The Labute approximate surface area is 184 Å². The van der Waals surface area contributed by atoms with Crippen LogP contribution in [0.2, 0.25) is 5.02 Å². The molecule has 0 aliphatic carbocycles. The minimum atomic E-state index is -0.362. The molecule has 0 unspecified atom stereocenters. The largest absolute Gasteiger partial charge is 0.335 e. The van der Waals surface area contributed by atoms with E-state index in [-0.39, 0.29) is 17.8 Å². The van der Waals surface area contributed by atoms with E-state index in [2.05, 4.69) is 10.4 Å². The summed E-state index contributed by atoms with van der Waals surface area (Å²) in [5.41, 5.74) is 2.55. The Bertz CT molecular complexity index is 1110. The number of piperazine rings is 1. The maximum atomic E-state index is 13.0. The molecule has 2 aromatic carbocycles. The highest BCUT2D eigenvalue weighted by molar-refractivity contribution is 6.30. The Hall–Kier alpha value is -3.39. The second-order valence-corrected chi connectivity index (χ2v) is 7.69. The minimum absolute atomic E-state index is 0.121. The van der Waals surface area contributed by atoms with Crippen molar-refractivity contribution in [3.8, 4) is 5.69 Å². The summed E-state index contributed by atoms with van der Waals surface area (Å²) in [6, 6.07) is 12.6. The van der Waals surface area contributed by atoms with E-state index in [4.69, 9.17) is 11.6 Å². The van der Waals surface area contributed by atoms with Crippen LogP contribution in [0.25, 0.3) is 5.69 Å². The molecule has 0 saturated carbocycles. The molecule has 160 valence electrons. The molecule has 0 radical (unpaired) electrons. The lowest BCUT2D eigenvalue weighted by Crippen LogP contribution is -2.51. The highest BCUT2D eigenvalue weighted by Crippen LogP contribution is 2.20. The molecule has 1 aliphatic rings. The SMILES string of the molecule is Cc1c(C(=O)N2CCN(C(=O)Nc3ccc(F)cc3)CC2)cnn1-c1cccc(Cl)c1. The Kier molecular flexibility index (Phi) is 5.90. The Morgan fingerprint density at radius 3 is 2.39 bits per heavy atom. The summed E-state index contributed by atoms with van der Waals surface area (Å²) in [6.07, 6.45) is 1.56. The number of amides is 3. The quantitative estimate of drug-likeness (QED) is 0.668. The Morgan fingerprint density at radius 1 is 1.03 bits per heavy atom. The number of carbonyl (C=O) groups is 2. The number of hydrogen-bond acceptors (Lipinski definition) is 3. The van der Waals surface area contributed by atoms with Gasteiger partial charge in [-0.2, -0.15) is 5.10 Å². The van der Waals surface area contributed by atoms with Gasteiger partial charge in [0.1, 0.15) is 5.82 Å². The molecular formula is C22H21ClFN5O2. The molecule has 3 aromatic rings. The number of nitrogens with zero attached hydrogens (tertiary/aromatic N) is 4. The molecule has 1 aliphatic heterocycles. The van der Waals surface area contributed by atoms with Crippen LogP contribution in [-0.2, 0) is 0 Å². The Morgan fingerprint density at radius 2 is 1.71 bits per heavy atom. The third-order valence-corrected chi connectivity index (χ3v) is 5.48. The second-order valence-electron chi connectivity index (χ2n) is 7.25. The van der Waals surface area contributed by atoms with E-state index in [1.807, 2.05) is 19.1 Å². The van der Waals surface area contributed by atoms with Crippen LogP contribution in [-0.4, -0.2) is 57.7 Å². The minimum Gasteiger partial charge on any atom is -0.335 e. The molecule has 31 heavy (non-hydrogen) atoms. The van der Waals surface area contributed by atoms with E-state index in [0.29, 0.717) is 42.5 Å². The predicted molar refractivity (Wildman–Crippen MR) is 116 cm³/mol. The molecule has 0 bridgehead atoms. The zero-order chi connectivity index (χ0) is 22.0. The van der Waals surface area contributed by atoms with Crippen LogP contribution in [0, 0.1) is 12.7 Å². The van der Waals surface area contributed by atoms with Gasteiger partial charge in [0, 0.05) is 36.9 Å². The zero-order valence-electron chi connectivity index (χ0n) is 16.9. The first-order valence-corrected chi connectivity index (χ1v) is 10.2. The van der Waals surface area contributed by atoms with E-state index in [1.165, 1.54) is 24.3 Å². The highest BCUT2D eigenvalue weighted by atomic mass is 35.5. The van der Waals surface area contributed by atoms with Crippen molar-refractivity contribution in [2.75, 3.05) is 31.5 Å². The van der Waals surface area contributed by atoms with Crippen LogP contribution in [0.4, 0.5) is 14.9 Å². The number of hydrogen-bond donors (Lipinski definition) is 1. The number of rotatable bonds is 3. The van der Waals surface area contributed by atoms with Gasteiger partial charge >= 0.3 is 6.03 Å². The standard InChI is InChI=1S/C22H21ClFN5O2/c1-15-20(14-25-29(15)19-4-2-3-16(23)13-19)21(30)27-9-11-28(12-10-27)22(31)26-18-7-5-17(24)6-8-18/h2-8,13-14H,9-12H2,1H3,(H,26,31). The van der Waals surface area contributed by atoms with Crippen LogP contribution >= 0.6 is 11.6 Å². The average molecular weight is 442 g/mol. The summed E-state index contributed by atoms with van der Waals surface area (Å²) in [7, 11) is 0. The average Bonchev–Trinajstić information content (AvgIpc) is 3.16. The second kappa shape index (κ2) is 8.77. The smallest absolute Gasteiger partial charge is 0.321 e.